The number of benzene rings is 1. The van der Waals surface area contributed by atoms with Gasteiger partial charge in [0.15, 0.2) is 0 Å². The quantitative estimate of drug-likeness (QED) is 0.875. The van der Waals surface area contributed by atoms with Crippen molar-refractivity contribution in [3.05, 3.63) is 33.3 Å². The van der Waals surface area contributed by atoms with Crippen molar-refractivity contribution in [1.29, 1.82) is 0 Å². The van der Waals surface area contributed by atoms with Crippen LogP contribution in [-0.2, 0) is 6.54 Å². The zero-order chi connectivity index (χ0) is 11.4. The van der Waals surface area contributed by atoms with Crippen molar-refractivity contribution >= 4 is 27.5 Å². The van der Waals surface area contributed by atoms with Crippen LogP contribution in [-0.4, -0.2) is 6.04 Å². The van der Waals surface area contributed by atoms with Gasteiger partial charge >= 0.3 is 0 Å². The summed E-state index contributed by atoms with van der Waals surface area (Å²) in [5, 5.41) is 4.26. The molecule has 1 rings (SSSR count). The lowest BCUT2D eigenvalue weighted by Crippen LogP contribution is -2.30. The third kappa shape index (κ3) is 4.13. The second kappa shape index (κ2) is 5.88. The summed E-state index contributed by atoms with van der Waals surface area (Å²) >= 11 is 9.47. The molecule has 0 fully saturated rings. The fourth-order valence-electron chi connectivity index (χ4n) is 1.19. The van der Waals surface area contributed by atoms with E-state index in [1.165, 1.54) is 5.56 Å². The number of hydrogen-bond donors (Lipinski definition) is 1. The van der Waals surface area contributed by atoms with Gasteiger partial charge in [-0.25, -0.2) is 0 Å². The number of nitrogens with one attached hydrogen (secondary N) is 1. The molecule has 0 saturated carbocycles. The highest BCUT2D eigenvalue weighted by atomic mass is 79.9. The lowest BCUT2D eigenvalue weighted by atomic mass is 10.1. The molecule has 0 aromatic heterocycles. The predicted octanol–water partition coefficient (Wildman–Crippen LogP) is 4.24. The highest BCUT2D eigenvalue weighted by Gasteiger charge is 2.07. The first-order valence-electron chi connectivity index (χ1n) is 5.18. The SMILES string of the molecule is CC(C)[C@H](C)NCc1cc(Cl)ccc1Br. The van der Waals surface area contributed by atoms with E-state index in [0.717, 1.165) is 16.0 Å². The summed E-state index contributed by atoms with van der Waals surface area (Å²) in [4.78, 5) is 0. The number of hydrogen-bond acceptors (Lipinski definition) is 1. The van der Waals surface area contributed by atoms with Gasteiger partial charge in [0, 0.05) is 22.1 Å². The van der Waals surface area contributed by atoms with Crippen LogP contribution in [0.25, 0.3) is 0 Å². The van der Waals surface area contributed by atoms with Crippen molar-refractivity contribution in [2.24, 2.45) is 5.92 Å². The van der Waals surface area contributed by atoms with Crippen molar-refractivity contribution in [1.82, 2.24) is 5.32 Å². The molecule has 1 aromatic rings. The Kier molecular flexibility index (Phi) is 5.10. The number of halogens is 2. The molecule has 3 heteroatoms. The molecule has 0 unspecified atom stereocenters. The van der Waals surface area contributed by atoms with Gasteiger partial charge in [0.2, 0.25) is 0 Å². The topological polar surface area (TPSA) is 12.0 Å². The molecule has 1 atom stereocenters. The second-order valence-corrected chi connectivity index (χ2v) is 5.44. The largest absolute Gasteiger partial charge is 0.310 e. The molecule has 0 aliphatic carbocycles. The molecule has 0 saturated heterocycles. The summed E-state index contributed by atoms with van der Waals surface area (Å²) in [5.41, 5.74) is 1.20. The van der Waals surface area contributed by atoms with Crippen LogP contribution in [0.5, 0.6) is 0 Å². The first-order chi connectivity index (χ1) is 7.00. The summed E-state index contributed by atoms with van der Waals surface area (Å²) < 4.78 is 1.11. The normalized spacial score (nSPS) is 13.2. The van der Waals surface area contributed by atoms with Crippen LogP contribution in [0, 0.1) is 5.92 Å². The molecule has 0 aliphatic heterocycles. The van der Waals surface area contributed by atoms with Crippen LogP contribution in [0.1, 0.15) is 26.3 Å². The average molecular weight is 291 g/mol. The van der Waals surface area contributed by atoms with E-state index in [4.69, 9.17) is 11.6 Å². The van der Waals surface area contributed by atoms with Crippen molar-refractivity contribution in [2.75, 3.05) is 0 Å². The maximum Gasteiger partial charge on any atom is 0.0410 e. The van der Waals surface area contributed by atoms with Gasteiger partial charge in [-0.2, -0.15) is 0 Å². The molecular weight excluding hydrogens is 273 g/mol. The molecule has 0 bridgehead atoms. The van der Waals surface area contributed by atoms with Crippen LogP contribution < -0.4 is 5.32 Å². The Labute approximate surface area is 105 Å². The summed E-state index contributed by atoms with van der Waals surface area (Å²) in [6.07, 6.45) is 0. The van der Waals surface area contributed by atoms with E-state index in [2.05, 4.69) is 42.0 Å². The van der Waals surface area contributed by atoms with Crippen LogP contribution in [0.3, 0.4) is 0 Å². The molecule has 0 amide bonds. The molecule has 0 radical (unpaired) electrons. The third-order valence-electron chi connectivity index (χ3n) is 2.62. The lowest BCUT2D eigenvalue weighted by Gasteiger charge is -2.18. The van der Waals surface area contributed by atoms with Gasteiger partial charge in [0.25, 0.3) is 0 Å². The Hall–Kier alpha value is -0.0500. The van der Waals surface area contributed by atoms with Crippen LogP contribution in [0.2, 0.25) is 5.02 Å². The molecule has 0 aliphatic rings. The zero-order valence-corrected chi connectivity index (χ0v) is 11.7. The molecule has 0 heterocycles. The van der Waals surface area contributed by atoms with Crippen LogP contribution in [0.4, 0.5) is 0 Å². The molecular formula is C12H17BrClN. The van der Waals surface area contributed by atoms with E-state index in [-0.39, 0.29) is 0 Å². The third-order valence-corrected chi connectivity index (χ3v) is 3.63. The van der Waals surface area contributed by atoms with E-state index in [0.29, 0.717) is 12.0 Å². The first-order valence-corrected chi connectivity index (χ1v) is 6.35. The fourth-order valence-corrected chi connectivity index (χ4v) is 1.77. The van der Waals surface area contributed by atoms with Gasteiger partial charge in [0.05, 0.1) is 0 Å². The summed E-state index contributed by atoms with van der Waals surface area (Å²) in [5.74, 6) is 0.642. The Morgan fingerprint density at radius 2 is 2.00 bits per heavy atom. The molecule has 1 N–H and O–H groups in total. The maximum absolute atomic E-state index is 5.95. The van der Waals surface area contributed by atoms with E-state index in [1.54, 1.807) is 0 Å². The minimum absolute atomic E-state index is 0.510. The van der Waals surface area contributed by atoms with E-state index >= 15 is 0 Å². The smallest absolute Gasteiger partial charge is 0.0410 e. The Morgan fingerprint density at radius 1 is 1.33 bits per heavy atom. The Morgan fingerprint density at radius 3 is 2.60 bits per heavy atom. The van der Waals surface area contributed by atoms with Gasteiger partial charge in [-0.3, -0.25) is 0 Å². The van der Waals surface area contributed by atoms with E-state index < -0.39 is 0 Å². The highest BCUT2D eigenvalue weighted by Crippen LogP contribution is 2.21. The van der Waals surface area contributed by atoms with Gasteiger partial charge in [-0.05, 0) is 36.6 Å². The van der Waals surface area contributed by atoms with Crippen molar-refractivity contribution in [3.8, 4) is 0 Å². The maximum atomic E-state index is 5.95. The summed E-state index contributed by atoms with van der Waals surface area (Å²) in [6.45, 7) is 7.47. The Bertz CT molecular complexity index is 325. The van der Waals surface area contributed by atoms with Crippen molar-refractivity contribution in [3.63, 3.8) is 0 Å². The van der Waals surface area contributed by atoms with Gasteiger partial charge in [0.1, 0.15) is 0 Å². The molecule has 15 heavy (non-hydrogen) atoms. The van der Waals surface area contributed by atoms with Crippen LogP contribution in [0.15, 0.2) is 22.7 Å². The van der Waals surface area contributed by atoms with Gasteiger partial charge in [-0.1, -0.05) is 41.4 Å². The number of rotatable bonds is 4. The van der Waals surface area contributed by atoms with Crippen LogP contribution >= 0.6 is 27.5 Å². The lowest BCUT2D eigenvalue weighted by molar-refractivity contribution is 0.426. The summed E-state index contributed by atoms with van der Waals surface area (Å²) in [7, 11) is 0. The first kappa shape index (κ1) is 13.0. The van der Waals surface area contributed by atoms with E-state index in [9.17, 15) is 0 Å². The van der Waals surface area contributed by atoms with Gasteiger partial charge in [-0.15, -0.1) is 0 Å². The minimum atomic E-state index is 0.510. The highest BCUT2D eigenvalue weighted by molar-refractivity contribution is 9.10. The molecule has 1 aromatic carbocycles. The predicted molar refractivity (Wildman–Crippen MR) is 70.3 cm³/mol. The molecule has 1 nitrogen and oxygen atoms in total. The standard InChI is InChI=1S/C12H17BrClN/c1-8(2)9(3)15-7-10-6-11(14)4-5-12(10)13/h4-6,8-9,15H,7H2,1-3H3/t9-/m0/s1. The van der Waals surface area contributed by atoms with Gasteiger partial charge < -0.3 is 5.32 Å². The Balaban J connectivity index is 2.61. The average Bonchev–Trinajstić information content (AvgIpc) is 2.18. The zero-order valence-electron chi connectivity index (χ0n) is 9.35. The minimum Gasteiger partial charge on any atom is -0.310 e. The molecule has 84 valence electrons. The molecule has 0 spiro atoms. The summed E-state index contributed by atoms with van der Waals surface area (Å²) in [6, 6.07) is 6.38. The monoisotopic (exact) mass is 289 g/mol. The second-order valence-electron chi connectivity index (χ2n) is 4.15. The van der Waals surface area contributed by atoms with E-state index in [1.807, 2.05) is 18.2 Å². The fraction of sp³-hybridized carbons (Fsp3) is 0.500. The van der Waals surface area contributed by atoms with Crippen molar-refractivity contribution < 1.29 is 0 Å². The van der Waals surface area contributed by atoms with Crippen molar-refractivity contribution in [2.45, 2.75) is 33.4 Å².